The average Bonchev–Trinajstić information content (AvgIpc) is 2.90. The van der Waals surface area contributed by atoms with Crippen LogP contribution in [0.5, 0.6) is 0 Å². The van der Waals surface area contributed by atoms with E-state index in [1.54, 1.807) is 39.8 Å². The third kappa shape index (κ3) is 5.97. The van der Waals surface area contributed by atoms with Crippen LogP contribution in [-0.2, 0) is 19.1 Å². The van der Waals surface area contributed by atoms with Crippen molar-refractivity contribution in [2.45, 2.75) is 52.7 Å². The van der Waals surface area contributed by atoms with Crippen LogP contribution in [0.1, 0.15) is 50.2 Å². The summed E-state index contributed by atoms with van der Waals surface area (Å²) >= 11 is 1.34. The molecule has 0 unspecified atom stereocenters. The molecule has 5 nitrogen and oxygen atoms in total. The Balaban J connectivity index is 2.70. The molecule has 0 aliphatic heterocycles. The molecule has 0 bridgehead atoms. The third-order valence-corrected chi connectivity index (χ3v) is 3.64. The van der Waals surface area contributed by atoms with Crippen molar-refractivity contribution in [1.82, 2.24) is 0 Å². The summed E-state index contributed by atoms with van der Waals surface area (Å²) in [6.45, 7) is 6.83. The van der Waals surface area contributed by atoms with Gasteiger partial charge < -0.3 is 9.47 Å². The lowest BCUT2D eigenvalue weighted by molar-refractivity contribution is -0.166. The van der Waals surface area contributed by atoms with E-state index in [0.29, 0.717) is 4.88 Å². The number of carbonyl (C=O) groups excluding carboxylic acids is 3. The Hall–Kier alpha value is -1.69. The van der Waals surface area contributed by atoms with Gasteiger partial charge in [-0.3, -0.25) is 14.4 Å². The van der Waals surface area contributed by atoms with E-state index in [-0.39, 0.29) is 30.8 Å². The Bertz CT molecular complexity index is 483. The lowest BCUT2D eigenvalue weighted by Crippen LogP contribution is -2.31. The summed E-state index contributed by atoms with van der Waals surface area (Å²) in [4.78, 5) is 36.7. The van der Waals surface area contributed by atoms with Gasteiger partial charge in [0.1, 0.15) is 0 Å². The van der Waals surface area contributed by atoms with E-state index < -0.39 is 17.9 Å². The SMILES string of the molecule is CC(C)OC(=O)C(CCC(=O)c1cccs1)C(=O)OC(C)C. The van der Waals surface area contributed by atoms with Gasteiger partial charge in [-0.2, -0.15) is 0 Å². The Morgan fingerprint density at radius 3 is 2.00 bits per heavy atom. The van der Waals surface area contributed by atoms with Gasteiger partial charge in [-0.15, -0.1) is 11.3 Å². The number of hydrogen-bond donors (Lipinski definition) is 0. The molecule has 0 radical (unpaired) electrons. The van der Waals surface area contributed by atoms with Crippen molar-refractivity contribution in [2.75, 3.05) is 0 Å². The number of esters is 2. The zero-order chi connectivity index (χ0) is 16.7. The molecule has 1 rings (SSSR count). The van der Waals surface area contributed by atoms with Crippen molar-refractivity contribution in [2.24, 2.45) is 5.92 Å². The molecule has 1 aromatic rings. The third-order valence-electron chi connectivity index (χ3n) is 2.73. The maximum absolute atomic E-state index is 12.0. The fourth-order valence-electron chi connectivity index (χ4n) is 1.80. The minimum Gasteiger partial charge on any atom is -0.462 e. The molecule has 0 atom stereocenters. The molecular formula is C16H22O5S. The van der Waals surface area contributed by atoms with Crippen molar-refractivity contribution in [3.05, 3.63) is 22.4 Å². The zero-order valence-corrected chi connectivity index (χ0v) is 14.1. The summed E-state index contributed by atoms with van der Waals surface area (Å²) < 4.78 is 10.2. The van der Waals surface area contributed by atoms with Crippen LogP contribution in [0.25, 0.3) is 0 Å². The smallest absolute Gasteiger partial charge is 0.320 e. The largest absolute Gasteiger partial charge is 0.462 e. The molecule has 6 heteroatoms. The number of ketones is 1. The van der Waals surface area contributed by atoms with Gasteiger partial charge in [0.25, 0.3) is 0 Å². The first-order chi connectivity index (χ1) is 10.3. The van der Waals surface area contributed by atoms with Crippen LogP contribution in [0.4, 0.5) is 0 Å². The molecule has 1 aromatic heterocycles. The Kier molecular flexibility index (Phi) is 7.24. The monoisotopic (exact) mass is 326 g/mol. The maximum atomic E-state index is 12.0. The summed E-state index contributed by atoms with van der Waals surface area (Å²) in [7, 11) is 0. The van der Waals surface area contributed by atoms with Gasteiger partial charge in [-0.1, -0.05) is 6.07 Å². The molecule has 0 N–H and O–H groups in total. The summed E-state index contributed by atoms with van der Waals surface area (Å²) in [6.07, 6.45) is -0.455. The molecular weight excluding hydrogens is 304 g/mol. The molecule has 1 heterocycles. The predicted octanol–water partition coefficient (Wildman–Crippen LogP) is 3.23. The Labute approximate surface area is 134 Å². The van der Waals surface area contributed by atoms with Gasteiger partial charge in [0.05, 0.1) is 17.1 Å². The summed E-state index contributed by atoms with van der Waals surface area (Å²) in [5.74, 6) is -2.43. The number of ether oxygens (including phenoxy) is 2. The Morgan fingerprint density at radius 1 is 1.05 bits per heavy atom. The summed E-state index contributed by atoms with van der Waals surface area (Å²) in [6, 6.07) is 3.51. The fourth-order valence-corrected chi connectivity index (χ4v) is 2.49. The van der Waals surface area contributed by atoms with Crippen molar-refractivity contribution >= 4 is 29.1 Å². The van der Waals surface area contributed by atoms with Gasteiger partial charge in [-0.25, -0.2) is 0 Å². The number of carbonyl (C=O) groups is 3. The van der Waals surface area contributed by atoms with Crippen LogP contribution in [0.3, 0.4) is 0 Å². The second kappa shape index (κ2) is 8.68. The number of rotatable bonds is 8. The zero-order valence-electron chi connectivity index (χ0n) is 13.3. The number of thiophene rings is 1. The highest BCUT2D eigenvalue weighted by Gasteiger charge is 2.31. The topological polar surface area (TPSA) is 69.7 Å². The first-order valence-electron chi connectivity index (χ1n) is 7.29. The fraction of sp³-hybridized carbons (Fsp3) is 0.562. The highest BCUT2D eigenvalue weighted by atomic mass is 32.1. The highest BCUT2D eigenvalue weighted by Crippen LogP contribution is 2.18. The van der Waals surface area contributed by atoms with Crippen LogP contribution in [0.15, 0.2) is 17.5 Å². The van der Waals surface area contributed by atoms with Crippen LogP contribution < -0.4 is 0 Å². The number of Topliss-reactive ketones (excluding diaryl/α,β-unsaturated/α-hetero) is 1. The standard InChI is InChI=1S/C16H22O5S/c1-10(2)20-15(18)12(16(19)21-11(3)4)7-8-13(17)14-6-5-9-22-14/h5-6,9-12H,7-8H2,1-4H3. The van der Waals surface area contributed by atoms with Crippen molar-refractivity contribution in [3.63, 3.8) is 0 Å². The van der Waals surface area contributed by atoms with Gasteiger partial charge >= 0.3 is 11.9 Å². The van der Waals surface area contributed by atoms with Crippen LogP contribution >= 0.6 is 11.3 Å². The van der Waals surface area contributed by atoms with E-state index >= 15 is 0 Å². The quantitative estimate of drug-likeness (QED) is 0.417. The van der Waals surface area contributed by atoms with E-state index in [9.17, 15) is 14.4 Å². The van der Waals surface area contributed by atoms with Crippen molar-refractivity contribution in [1.29, 1.82) is 0 Å². The molecule has 0 spiro atoms. The van der Waals surface area contributed by atoms with E-state index in [4.69, 9.17) is 9.47 Å². The number of hydrogen-bond acceptors (Lipinski definition) is 6. The van der Waals surface area contributed by atoms with E-state index in [2.05, 4.69) is 0 Å². The molecule has 0 saturated heterocycles. The van der Waals surface area contributed by atoms with E-state index in [1.165, 1.54) is 11.3 Å². The lowest BCUT2D eigenvalue weighted by atomic mass is 10.0. The maximum Gasteiger partial charge on any atom is 0.320 e. The second-order valence-electron chi connectivity index (χ2n) is 5.46. The summed E-state index contributed by atoms with van der Waals surface area (Å²) in [5.41, 5.74) is 0. The molecule has 0 aliphatic carbocycles. The van der Waals surface area contributed by atoms with Gasteiger partial charge in [-0.05, 0) is 45.6 Å². The van der Waals surface area contributed by atoms with E-state index in [1.807, 2.05) is 5.38 Å². The Morgan fingerprint density at radius 2 is 1.59 bits per heavy atom. The van der Waals surface area contributed by atoms with Gasteiger partial charge in [0.15, 0.2) is 11.7 Å². The van der Waals surface area contributed by atoms with Crippen molar-refractivity contribution < 1.29 is 23.9 Å². The normalized spacial score (nSPS) is 11.0. The van der Waals surface area contributed by atoms with Gasteiger partial charge in [0, 0.05) is 6.42 Å². The van der Waals surface area contributed by atoms with Crippen molar-refractivity contribution in [3.8, 4) is 0 Å². The molecule has 122 valence electrons. The minimum absolute atomic E-state index is 0.0882. The minimum atomic E-state index is -1.06. The predicted molar refractivity (Wildman–Crippen MR) is 83.8 cm³/mol. The van der Waals surface area contributed by atoms with Crippen LogP contribution in [-0.4, -0.2) is 29.9 Å². The molecule has 0 fully saturated rings. The second-order valence-corrected chi connectivity index (χ2v) is 6.41. The summed E-state index contributed by atoms with van der Waals surface area (Å²) in [5, 5.41) is 1.81. The highest BCUT2D eigenvalue weighted by molar-refractivity contribution is 7.12. The molecule has 0 amide bonds. The van der Waals surface area contributed by atoms with E-state index in [0.717, 1.165) is 0 Å². The van der Waals surface area contributed by atoms with Gasteiger partial charge in [0.2, 0.25) is 0 Å². The molecule has 22 heavy (non-hydrogen) atoms. The molecule has 0 aromatic carbocycles. The molecule has 0 aliphatic rings. The lowest BCUT2D eigenvalue weighted by Gasteiger charge is -2.18. The van der Waals surface area contributed by atoms with Crippen LogP contribution in [0, 0.1) is 5.92 Å². The molecule has 0 saturated carbocycles. The first kappa shape index (κ1) is 18.4. The average molecular weight is 326 g/mol. The van der Waals surface area contributed by atoms with Crippen LogP contribution in [0.2, 0.25) is 0 Å². The first-order valence-corrected chi connectivity index (χ1v) is 8.17.